The van der Waals surface area contributed by atoms with Crippen LogP contribution in [0.2, 0.25) is 5.02 Å². The number of thiocarbonyl (C=S) groups is 1. The predicted molar refractivity (Wildman–Crippen MR) is 128 cm³/mol. The van der Waals surface area contributed by atoms with Crippen LogP contribution in [-0.2, 0) is 5.72 Å². The molecule has 3 atom stereocenters. The first-order valence-electron chi connectivity index (χ1n) is 10.3. The van der Waals surface area contributed by atoms with E-state index in [4.69, 9.17) is 33.0 Å². The van der Waals surface area contributed by atoms with Crippen molar-refractivity contribution in [1.82, 2.24) is 10.6 Å². The Hall–Kier alpha value is -3.05. The van der Waals surface area contributed by atoms with Crippen LogP contribution >= 0.6 is 23.8 Å². The summed E-state index contributed by atoms with van der Waals surface area (Å²) in [5.41, 5.74) is -6.61. The smallest absolute Gasteiger partial charge is 0.424 e. The van der Waals surface area contributed by atoms with Gasteiger partial charge in [-0.2, -0.15) is 13.2 Å². The van der Waals surface area contributed by atoms with Crippen LogP contribution in [0.25, 0.3) is 11.3 Å². The Morgan fingerprint density at radius 1 is 1.09 bits per heavy atom. The molecule has 1 fully saturated rings. The molecule has 0 unspecified atom stereocenters. The second kappa shape index (κ2) is 9.19. The molecule has 0 saturated carbocycles. The van der Waals surface area contributed by atoms with Crippen molar-refractivity contribution in [2.75, 3.05) is 6.61 Å². The van der Waals surface area contributed by atoms with Gasteiger partial charge >= 0.3 is 6.18 Å². The maximum absolute atomic E-state index is 14.6. The number of furan rings is 1. The van der Waals surface area contributed by atoms with E-state index in [1.54, 1.807) is 24.3 Å². The Balaban J connectivity index is 1.79. The highest BCUT2D eigenvalue weighted by molar-refractivity contribution is 7.80. The molecule has 1 aliphatic heterocycles. The Labute approximate surface area is 209 Å². The van der Waals surface area contributed by atoms with Gasteiger partial charge < -0.3 is 30.0 Å². The van der Waals surface area contributed by atoms with E-state index in [1.165, 1.54) is 42.5 Å². The first kappa shape index (κ1) is 25.1. The lowest BCUT2D eigenvalue weighted by Gasteiger charge is -2.52. The van der Waals surface area contributed by atoms with Crippen molar-refractivity contribution < 1.29 is 32.5 Å². The zero-order chi connectivity index (χ0) is 25.4. The minimum atomic E-state index is -5.34. The van der Waals surface area contributed by atoms with Gasteiger partial charge in [0.15, 0.2) is 5.11 Å². The second-order valence-electron chi connectivity index (χ2n) is 7.84. The van der Waals surface area contributed by atoms with E-state index < -0.39 is 23.5 Å². The van der Waals surface area contributed by atoms with Crippen LogP contribution in [0.5, 0.6) is 5.75 Å². The van der Waals surface area contributed by atoms with E-state index in [1.807, 2.05) is 0 Å². The maximum atomic E-state index is 14.6. The molecule has 2 aromatic carbocycles. The number of ether oxygens (including phenoxy) is 1. The van der Waals surface area contributed by atoms with Crippen LogP contribution in [0.4, 0.5) is 13.2 Å². The predicted octanol–water partition coefficient (Wildman–Crippen LogP) is 4.82. The van der Waals surface area contributed by atoms with Crippen molar-refractivity contribution in [1.29, 1.82) is 0 Å². The molecule has 35 heavy (non-hydrogen) atoms. The first-order valence-corrected chi connectivity index (χ1v) is 11.1. The maximum Gasteiger partial charge on any atom is 0.424 e. The molecule has 0 amide bonds. The molecule has 184 valence electrons. The summed E-state index contributed by atoms with van der Waals surface area (Å²) in [6.07, 6.45) is -3.84. The van der Waals surface area contributed by atoms with Gasteiger partial charge in [0.25, 0.3) is 0 Å². The van der Waals surface area contributed by atoms with Gasteiger partial charge in [0.05, 0.1) is 0 Å². The van der Waals surface area contributed by atoms with Gasteiger partial charge in [-0.25, -0.2) is 0 Å². The molecule has 0 bridgehead atoms. The SMILES string of the molecule is C=CCOc1ccc([C@]2(O)NC(=S)N[C@H](c3ccc(-c4ccc(Cl)cc4)o3)[C@]2(O)C(F)(F)F)cc1. The summed E-state index contributed by atoms with van der Waals surface area (Å²) >= 11 is 11.0. The number of halogens is 4. The van der Waals surface area contributed by atoms with Crippen molar-refractivity contribution in [3.63, 3.8) is 0 Å². The van der Waals surface area contributed by atoms with Gasteiger partial charge in [0.1, 0.15) is 29.9 Å². The van der Waals surface area contributed by atoms with Gasteiger partial charge in [-0.15, -0.1) is 0 Å². The molecular weight excluding hydrogens is 505 g/mol. The number of benzene rings is 2. The summed E-state index contributed by atoms with van der Waals surface area (Å²) in [5, 5.41) is 27.4. The normalized spacial score (nSPS) is 24.4. The fraction of sp³-hybridized carbons (Fsp3) is 0.208. The minimum absolute atomic E-state index is 0.179. The molecule has 3 aromatic rings. The van der Waals surface area contributed by atoms with Crippen LogP contribution in [0.1, 0.15) is 17.4 Å². The number of hydrogen-bond acceptors (Lipinski definition) is 5. The Bertz CT molecular complexity index is 1230. The highest BCUT2D eigenvalue weighted by atomic mass is 35.5. The van der Waals surface area contributed by atoms with E-state index in [0.29, 0.717) is 16.3 Å². The molecular formula is C24H20ClF3N2O4S. The monoisotopic (exact) mass is 524 g/mol. The molecule has 2 heterocycles. The third kappa shape index (κ3) is 4.38. The topological polar surface area (TPSA) is 86.9 Å². The third-order valence-corrected chi connectivity index (χ3v) is 6.12. The lowest BCUT2D eigenvalue weighted by molar-refractivity contribution is -0.343. The summed E-state index contributed by atoms with van der Waals surface area (Å²) < 4.78 is 54.7. The lowest BCUT2D eigenvalue weighted by Crippen LogP contribution is -2.77. The zero-order valence-electron chi connectivity index (χ0n) is 18.0. The van der Waals surface area contributed by atoms with Crippen LogP contribution in [0, 0.1) is 0 Å². The van der Waals surface area contributed by atoms with Crippen LogP contribution in [0.3, 0.4) is 0 Å². The number of alkyl halides is 3. The minimum Gasteiger partial charge on any atom is -0.490 e. The van der Waals surface area contributed by atoms with E-state index in [2.05, 4.69) is 17.2 Å². The molecule has 4 rings (SSSR count). The molecule has 6 nitrogen and oxygen atoms in total. The molecule has 4 N–H and O–H groups in total. The molecule has 11 heteroatoms. The summed E-state index contributed by atoms with van der Waals surface area (Å²) in [6, 6.07) is 12.3. The molecule has 1 aromatic heterocycles. The first-order chi connectivity index (χ1) is 16.5. The highest BCUT2D eigenvalue weighted by Crippen LogP contribution is 2.52. The number of nitrogens with one attached hydrogen (secondary N) is 2. The highest BCUT2D eigenvalue weighted by Gasteiger charge is 2.74. The fourth-order valence-electron chi connectivity index (χ4n) is 3.90. The summed E-state index contributed by atoms with van der Waals surface area (Å²) in [4.78, 5) is 0. The summed E-state index contributed by atoms with van der Waals surface area (Å²) in [7, 11) is 0. The van der Waals surface area contributed by atoms with Crippen molar-refractivity contribution >= 4 is 28.9 Å². The van der Waals surface area contributed by atoms with E-state index >= 15 is 0 Å². The van der Waals surface area contributed by atoms with Crippen LogP contribution in [0.15, 0.2) is 77.7 Å². The van der Waals surface area contributed by atoms with Crippen molar-refractivity contribution in [3.8, 4) is 17.1 Å². The Morgan fingerprint density at radius 3 is 2.34 bits per heavy atom. The standard InChI is InChI=1S/C24H20ClF3N2O4S/c1-2-13-33-17-9-5-15(6-10-17)23(32)22(31,24(26,27)28)20(29-21(35)30-23)19-12-11-18(34-19)14-3-7-16(25)8-4-14/h2-12,20,31-32H,1,13H2,(H2,29,30,35)/t20-,22-,23-/m1/s1. The lowest BCUT2D eigenvalue weighted by atomic mass is 9.75. The molecule has 0 spiro atoms. The van der Waals surface area contributed by atoms with Gasteiger partial charge in [-0.1, -0.05) is 36.4 Å². The van der Waals surface area contributed by atoms with Crippen molar-refractivity contribution in [3.05, 3.63) is 89.7 Å². The number of rotatable bonds is 6. The van der Waals surface area contributed by atoms with Crippen molar-refractivity contribution in [2.24, 2.45) is 0 Å². The fourth-order valence-corrected chi connectivity index (χ4v) is 4.29. The Kier molecular flexibility index (Phi) is 6.58. The van der Waals surface area contributed by atoms with Gasteiger partial charge in [-0.05, 0) is 60.7 Å². The number of aliphatic hydroxyl groups is 2. The summed E-state index contributed by atoms with van der Waals surface area (Å²) in [5.74, 6) is 0.280. The third-order valence-electron chi connectivity index (χ3n) is 5.65. The second-order valence-corrected chi connectivity index (χ2v) is 8.68. The van der Waals surface area contributed by atoms with Gasteiger partial charge in [0.2, 0.25) is 11.3 Å². The van der Waals surface area contributed by atoms with E-state index in [-0.39, 0.29) is 28.8 Å². The van der Waals surface area contributed by atoms with Crippen molar-refractivity contribution in [2.45, 2.75) is 23.5 Å². The average molecular weight is 525 g/mol. The Morgan fingerprint density at radius 2 is 1.74 bits per heavy atom. The molecule has 0 radical (unpaired) electrons. The van der Waals surface area contributed by atoms with Crippen LogP contribution in [-0.4, -0.2) is 33.7 Å². The average Bonchev–Trinajstić information content (AvgIpc) is 3.30. The van der Waals surface area contributed by atoms with E-state index in [9.17, 15) is 23.4 Å². The zero-order valence-corrected chi connectivity index (χ0v) is 19.5. The molecule has 1 saturated heterocycles. The molecule has 1 aliphatic rings. The summed E-state index contributed by atoms with van der Waals surface area (Å²) in [6.45, 7) is 3.70. The quantitative estimate of drug-likeness (QED) is 0.272. The molecule has 0 aliphatic carbocycles. The van der Waals surface area contributed by atoms with Gasteiger partial charge in [0, 0.05) is 16.1 Å². The van der Waals surface area contributed by atoms with E-state index in [0.717, 1.165) is 0 Å². The number of hydrogen-bond donors (Lipinski definition) is 4. The van der Waals surface area contributed by atoms with Gasteiger partial charge in [-0.3, -0.25) is 0 Å². The van der Waals surface area contributed by atoms with Crippen LogP contribution < -0.4 is 15.4 Å². The largest absolute Gasteiger partial charge is 0.490 e.